The highest BCUT2D eigenvalue weighted by Crippen LogP contribution is 2.18. The Balaban J connectivity index is 1.83. The lowest BCUT2D eigenvalue weighted by molar-refractivity contribution is 0.498. The second-order valence-corrected chi connectivity index (χ2v) is 4.53. The van der Waals surface area contributed by atoms with Gasteiger partial charge in [0.05, 0.1) is 0 Å². The van der Waals surface area contributed by atoms with E-state index < -0.39 is 0 Å². The van der Waals surface area contributed by atoms with E-state index in [4.69, 9.17) is 5.73 Å². The third-order valence-corrected chi connectivity index (χ3v) is 3.27. The van der Waals surface area contributed by atoms with E-state index in [1.807, 2.05) is 16.8 Å². The average molecular weight is 244 g/mol. The molecule has 94 valence electrons. The highest BCUT2D eigenvalue weighted by molar-refractivity contribution is 5.43. The van der Waals surface area contributed by atoms with Gasteiger partial charge < -0.3 is 10.6 Å². The van der Waals surface area contributed by atoms with Crippen LogP contribution in [0.25, 0.3) is 5.82 Å². The van der Waals surface area contributed by atoms with Crippen LogP contribution in [-0.2, 0) is 0 Å². The summed E-state index contributed by atoms with van der Waals surface area (Å²) in [5.41, 5.74) is 5.91. The van der Waals surface area contributed by atoms with Crippen molar-refractivity contribution in [3.63, 3.8) is 0 Å². The molecule has 18 heavy (non-hydrogen) atoms. The van der Waals surface area contributed by atoms with E-state index in [0.717, 1.165) is 37.6 Å². The van der Waals surface area contributed by atoms with Crippen LogP contribution in [0.3, 0.4) is 0 Å². The van der Waals surface area contributed by atoms with Gasteiger partial charge in [0.1, 0.15) is 24.3 Å². The fourth-order valence-corrected chi connectivity index (χ4v) is 2.17. The van der Waals surface area contributed by atoms with Crippen molar-refractivity contribution in [1.29, 1.82) is 0 Å². The Morgan fingerprint density at radius 2 is 1.94 bits per heavy atom. The summed E-state index contributed by atoms with van der Waals surface area (Å²) in [5.74, 6) is 1.80. The topological polar surface area (TPSA) is 72.9 Å². The lowest BCUT2D eigenvalue weighted by atomic mass is 10.1. The smallest absolute Gasteiger partial charge is 0.143 e. The zero-order chi connectivity index (χ0) is 12.4. The molecular formula is C12H16N6. The van der Waals surface area contributed by atoms with Crippen molar-refractivity contribution in [3.8, 4) is 5.82 Å². The molecule has 0 saturated carbocycles. The maximum absolute atomic E-state index is 5.91. The molecule has 0 radical (unpaired) electrons. The number of nitrogens with two attached hydrogens (primary N) is 1. The molecule has 6 nitrogen and oxygen atoms in total. The first-order chi connectivity index (χ1) is 8.83. The van der Waals surface area contributed by atoms with Crippen LogP contribution in [0.4, 0.5) is 5.82 Å². The molecule has 2 aromatic rings. The Kier molecular flexibility index (Phi) is 2.93. The lowest BCUT2D eigenvalue weighted by Crippen LogP contribution is -2.40. The van der Waals surface area contributed by atoms with E-state index in [9.17, 15) is 0 Å². The Labute approximate surface area is 105 Å². The van der Waals surface area contributed by atoms with Gasteiger partial charge in [-0.25, -0.2) is 15.0 Å². The molecule has 0 bridgehead atoms. The summed E-state index contributed by atoms with van der Waals surface area (Å²) < 4.78 is 1.88. The monoisotopic (exact) mass is 244 g/mol. The summed E-state index contributed by atoms with van der Waals surface area (Å²) in [5, 5.41) is 0. The fraction of sp³-hybridized carbons (Fsp3) is 0.417. The normalized spacial score (nSPS) is 17.1. The Morgan fingerprint density at radius 3 is 2.67 bits per heavy atom. The van der Waals surface area contributed by atoms with E-state index in [-0.39, 0.29) is 0 Å². The molecule has 3 heterocycles. The van der Waals surface area contributed by atoms with Crippen LogP contribution in [0.5, 0.6) is 0 Å². The minimum Gasteiger partial charge on any atom is -0.356 e. The maximum atomic E-state index is 5.91. The van der Waals surface area contributed by atoms with Crippen molar-refractivity contribution >= 4 is 5.82 Å². The molecule has 0 amide bonds. The number of rotatable bonds is 2. The van der Waals surface area contributed by atoms with Gasteiger partial charge in [-0.15, -0.1) is 0 Å². The molecule has 1 saturated heterocycles. The zero-order valence-electron chi connectivity index (χ0n) is 10.1. The molecule has 0 aliphatic carbocycles. The first kappa shape index (κ1) is 11.2. The second kappa shape index (κ2) is 4.73. The van der Waals surface area contributed by atoms with Gasteiger partial charge in [0.25, 0.3) is 0 Å². The van der Waals surface area contributed by atoms with Crippen molar-refractivity contribution in [3.05, 3.63) is 31.1 Å². The van der Waals surface area contributed by atoms with Gasteiger partial charge in [-0.05, 0) is 12.8 Å². The molecule has 6 heteroatoms. The third kappa shape index (κ3) is 2.19. The van der Waals surface area contributed by atoms with E-state index in [0.29, 0.717) is 6.04 Å². The molecule has 0 spiro atoms. The molecule has 2 aromatic heterocycles. The van der Waals surface area contributed by atoms with Crippen LogP contribution in [0, 0.1) is 0 Å². The van der Waals surface area contributed by atoms with Gasteiger partial charge in [0.2, 0.25) is 0 Å². The van der Waals surface area contributed by atoms with E-state index in [2.05, 4.69) is 19.9 Å². The molecule has 0 aromatic carbocycles. The summed E-state index contributed by atoms with van der Waals surface area (Å²) in [4.78, 5) is 14.9. The lowest BCUT2D eigenvalue weighted by Gasteiger charge is -2.31. The number of anilines is 1. The predicted octanol–water partition coefficient (Wildman–Crippen LogP) is 0.590. The molecule has 0 atom stereocenters. The SMILES string of the molecule is NC1CCN(c2cc(-n3ccnc3)ncn2)CC1. The number of hydrogen-bond acceptors (Lipinski definition) is 5. The molecule has 2 N–H and O–H groups in total. The highest BCUT2D eigenvalue weighted by atomic mass is 15.2. The molecule has 3 rings (SSSR count). The van der Waals surface area contributed by atoms with Crippen molar-refractivity contribution < 1.29 is 0 Å². The fourth-order valence-electron chi connectivity index (χ4n) is 2.17. The zero-order valence-corrected chi connectivity index (χ0v) is 10.1. The number of piperidine rings is 1. The second-order valence-electron chi connectivity index (χ2n) is 4.53. The maximum Gasteiger partial charge on any atom is 0.143 e. The van der Waals surface area contributed by atoms with Gasteiger partial charge in [0, 0.05) is 37.6 Å². The summed E-state index contributed by atoms with van der Waals surface area (Å²) >= 11 is 0. The molecule has 1 aliphatic rings. The predicted molar refractivity (Wildman–Crippen MR) is 68.6 cm³/mol. The summed E-state index contributed by atoms with van der Waals surface area (Å²) in [7, 11) is 0. The van der Waals surface area contributed by atoms with Crippen molar-refractivity contribution in [2.24, 2.45) is 5.73 Å². The van der Waals surface area contributed by atoms with Gasteiger partial charge in [-0.2, -0.15) is 0 Å². The van der Waals surface area contributed by atoms with Crippen LogP contribution < -0.4 is 10.6 Å². The van der Waals surface area contributed by atoms with Crippen molar-refractivity contribution in [1.82, 2.24) is 19.5 Å². The summed E-state index contributed by atoms with van der Waals surface area (Å²) in [6, 6.07) is 2.31. The summed E-state index contributed by atoms with van der Waals surface area (Å²) in [6.07, 6.45) is 8.98. The van der Waals surface area contributed by atoms with Crippen molar-refractivity contribution in [2.75, 3.05) is 18.0 Å². The number of nitrogens with zero attached hydrogens (tertiary/aromatic N) is 5. The van der Waals surface area contributed by atoms with E-state index in [1.165, 1.54) is 0 Å². The Bertz CT molecular complexity index is 501. The largest absolute Gasteiger partial charge is 0.356 e. The quantitative estimate of drug-likeness (QED) is 0.837. The number of hydrogen-bond donors (Lipinski definition) is 1. The van der Waals surface area contributed by atoms with Crippen LogP contribution >= 0.6 is 0 Å². The van der Waals surface area contributed by atoms with Crippen LogP contribution in [0.1, 0.15) is 12.8 Å². The third-order valence-electron chi connectivity index (χ3n) is 3.27. The van der Waals surface area contributed by atoms with Crippen LogP contribution in [-0.4, -0.2) is 38.7 Å². The Morgan fingerprint density at radius 1 is 1.17 bits per heavy atom. The van der Waals surface area contributed by atoms with Crippen LogP contribution in [0.15, 0.2) is 31.1 Å². The number of imidazole rings is 1. The van der Waals surface area contributed by atoms with Crippen LogP contribution in [0.2, 0.25) is 0 Å². The number of aromatic nitrogens is 4. The van der Waals surface area contributed by atoms with Gasteiger partial charge >= 0.3 is 0 Å². The standard InChI is InChI=1S/C12H16N6/c13-10-1-4-17(5-2-10)11-7-12(16-8-15-11)18-6-3-14-9-18/h3,6-10H,1-2,4-5,13H2. The minimum absolute atomic E-state index is 0.330. The average Bonchev–Trinajstić information content (AvgIpc) is 2.94. The molecular weight excluding hydrogens is 228 g/mol. The van der Waals surface area contributed by atoms with Gasteiger partial charge in [-0.3, -0.25) is 4.57 Å². The van der Waals surface area contributed by atoms with Gasteiger partial charge in [0.15, 0.2) is 0 Å². The minimum atomic E-state index is 0.330. The molecule has 0 unspecified atom stereocenters. The first-order valence-electron chi connectivity index (χ1n) is 6.14. The van der Waals surface area contributed by atoms with Crippen molar-refractivity contribution in [2.45, 2.75) is 18.9 Å². The summed E-state index contributed by atoms with van der Waals surface area (Å²) in [6.45, 7) is 1.92. The molecule has 1 aliphatic heterocycles. The Hall–Kier alpha value is -1.95. The van der Waals surface area contributed by atoms with Gasteiger partial charge in [-0.1, -0.05) is 0 Å². The molecule has 1 fully saturated rings. The van der Waals surface area contributed by atoms with E-state index in [1.54, 1.807) is 18.9 Å². The highest BCUT2D eigenvalue weighted by Gasteiger charge is 2.17. The van der Waals surface area contributed by atoms with E-state index >= 15 is 0 Å². The first-order valence-corrected chi connectivity index (χ1v) is 6.14.